The van der Waals surface area contributed by atoms with Crippen LogP contribution in [0.4, 0.5) is 0 Å². The van der Waals surface area contributed by atoms with Crippen molar-refractivity contribution in [3.63, 3.8) is 0 Å². The van der Waals surface area contributed by atoms with E-state index in [0.29, 0.717) is 16.8 Å². The van der Waals surface area contributed by atoms with Crippen molar-refractivity contribution in [1.29, 1.82) is 0 Å². The summed E-state index contributed by atoms with van der Waals surface area (Å²) in [6.45, 7) is 3.80. The van der Waals surface area contributed by atoms with Gasteiger partial charge in [0.1, 0.15) is 0 Å². The lowest BCUT2D eigenvalue weighted by Gasteiger charge is -1.98. The van der Waals surface area contributed by atoms with Gasteiger partial charge in [-0.2, -0.15) is 0 Å². The number of aryl methyl sites for hydroxylation is 3. The topological polar surface area (TPSA) is 86.4 Å². The molecular formula is C11H16N4O2. The molecular weight excluding hydrogens is 220 g/mol. The highest BCUT2D eigenvalue weighted by atomic mass is 16.1. The third kappa shape index (κ3) is 1.75. The molecule has 0 aromatic carbocycles. The second-order valence-electron chi connectivity index (χ2n) is 4.16. The number of H-pyrrole nitrogens is 3. The Labute approximate surface area is 97.6 Å². The number of hydrogen-bond donors (Lipinski definition) is 3. The second-order valence-corrected chi connectivity index (χ2v) is 4.16. The van der Waals surface area contributed by atoms with E-state index in [2.05, 4.69) is 15.3 Å². The SMILES string of the molecule is CCCc1[nH]n(C)c(=O)c1-c1c(C)[nH][nH]c1=O. The van der Waals surface area contributed by atoms with Crippen LogP contribution in [0.5, 0.6) is 0 Å². The molecule has 17 heavy (non-hydrogen) atoms. The van der Waals surface area contributed by atoms with E-state index >= 15 is 0 Å². The summed E-state index contributed by atoms with van der Waals surface area (Å²) in [5, 5.41) is 8.23. The molecule has 6 nitrogen and oxygen atoms in total. The molecule has 2 aromatic rings. The van der Waals surface area contributed by atoms with E-state index in [9.17, 15) is 9.59 Å². The van der Waals surface area contributed by atoms with E-state index in [0.717, 1.165) is 18.5 Å². The van der Waals surface area contributed by atoms with Crippen LogP contribution in [0.1, 0.15) is 24.7 Å². The number of hydrogen-bond acceptors (Lipinski definition) is 2. The molecule has 2 rings (SSSR count). The largest absolute Gasteiger partial charge is 0.302 e. The van der Waals surface area contributed by atoms with E-state index in [-0.39, 0.29) is 11.1 Å². The van der Waals surface area contributed by atoms with Crippen molar-refractivity contribution < 1.29 is 0 Å². The minimum absolute atomic E-state index is 0.165. The maximum atomic E-state index is 12.0. The third-order valence-corrected chi connectivity index (χ3v) is 2.84. The van der Waals surface area contributed by atoms with Crippen LogP contribution >= 0.6 is 0 Å². The average Bonchev–Trinajstić information content (AvgIpc) is 2.72. The second kappa shape index (κ2) is 4.12. The van der Waals surface area contributed by atoms with Gasteiger partial charge < -0.3 is 5.10 Å². The summed E-state index contributed by atoms with van der Waals surface area (Å²) < 4.78 is 1.41. The van der Waals surface area contributed by atoms with E-state index in [1.807, 2.05) is 6.92 Å². The molecule has 6 heteroatoms. The van der Waals surface area contributed by atoms with Gasteiger partial charge in [0.15, 0.2) is 0 Å². The zero-order valence-electron chi connectivity index (χ0n) is 10.2. The van der Waals surface area contributed by atoms with Gasteiger partial charge in [-0.15, -0.1) is 0 Å². The molecule has 0 aliphatic rings. The highest BCUT2D eigenvalue weighted by molar-refractivity contribution is 5.66. The fraction of sp³-hybridized carbons (Fsp3) is 0.455. The van der Waals surface area contributed by atoms with E-state index in [1.54, 1.807) is 14.0 Å². The molecule has 0 aliphatic carbocycles. The fourth-order valence-electron chi connectivity index (χ4n) is 2.04. The monoisotopic (exact) mass is 236 g/mol. The molecule has 0 unspecified atom stereocenters. The van der Waals surface area contributed by atoms with Gasteiger partial charge in [0.05, 0.1) is 11.1 Å². The molecule has 0 saturated carbocycles. The summed E-state index contributed by atoms with van der Waals surface area (Å²) in [7, 11) is 1.65. The van der Waals surface area contributed by atoms with Crippen LogP contribution < -0.4 is 11.1 Å². The molecule has 0 aliphatic heterocycles. The fourth-order valence-corrected chi connectivity index (χ4v) is 2.04. The van der Waals surface area contributed by atoms with Crippen molar-refractivity contribution in [2.75, 3.05) is 0 Å². The predicted molar refractivity (Wildman–Crippen MR) is 65.2 cm³/mol. The van der Waals surface area contributed by atoms with Gasteiger partial charge in [-0.25, -0.2) is 0 Å². The summed E-state index contributed by atoms with van der Waals surface area (Å²) in [4.78, 5) is 23.7. The van der Waals surface area contributed by atoms with Crippen LogP contribution in [0.3, 0.4) is 0 Å². The lowest BCUT2D eigenvalue weighted by Crippen LogP contribution is -2.16. The Morgan fingerprint density at radius 3 is 2.41 bits per heavy atom. The van der Waals surface area contributed by atoms with Crippen LogP contribution in [-0.4, -0.2) is 20.0 Å². The first-order valence-corrected chi connectivity index (χ1v) is 5.61. The Hall–Kier alpha value is -1.98. The van der Waals surface area contributed by atoms with Gasteiger partial charge in [-0.3, -0.25) is 24.5 Å². The number of aromatic nitrogens is 4. The zero-order chi connectivity index (χ0) is 12.6. The third-order valence-electron chi connectivity index (χ3n) is 2.84. The summed E-state index contributed by atoms with van der Waals surface area (Å²) in [6, 6.07) is 0. The van der Waals surface area contributed by atoms with Crippen LogP contribution in [-0.2, 0) is 13.5 Å². The molecule has 2 aromatic heterocycles. The first kappa shape index (κ1) is 11.5. The van der Waals surface area contributed by atoms with Crippen LogP contribution in [0, 0.1) is 6.92 Å². The van der Waals surface area contributed by atoms with E-state index < -0.39 is 0 Å². The Bertz CT molecular complexity index is 641. The van der Waals surface area contributed by atoms with Crippen molar-refractivity contribution in [1.82, 2.24) is 20.0 Å². The number of rotatable bonds is 3. The van der Waals surface area contributed by atoms with Crippen molar-refractivity contribution >= 4 is 0 Å². The number of aromatic amines is 3. The van der Waals surface area contributed by atoms with Gasteiger partial charge in [0, 0.05) is 18.4 Å². The minimum Gasteiger partial charge on any atom is -0.302 e. The summed E-state index contributed by atoms with van der Waals surface area (Å²) >= 11 is 0. The molecule has 0 bridgehead atoms. The highest BCUT2D eigenvalue weighted by Gasteiger charge is 2.19. The van der Waals surface area contributed by atoms with Crippen molar-refractivity contribution in [3.05, 3.63) is 32.1 Å². The smallest absolute Gasteiger partial charge is 0.274 e. The summed E-state index contributed by atoms with van der Waals surface area (Å²) in [5.41, 5.74) is 2.00. The standard InChI is InChI=1S/C11H16N4O2/c1-4-5-7-9(11(17)15(3)14-7)8-6(2)12-13-10(8)16/h14H,4-5H2,1-3H3,(H2,12,13,16). The maximum Gasteiger partial charge on any atom is 0.274 e. The quantitative estimate of drug-likeness (QED) is 0.731. The van der Waals surface area contributed by atoms with Gasteiger partial charge >= 0.3 is 0 Å². The lowest BCUT2D eigenvalue weighted by molar-refractivity contribution is 0.713. The van der Waals surface area contributed by atoms with Gasteiger partial charge in [-0.1, -0.05) is 13.3 Å². The summed E-state index contributed by atoms with van der Waals surface area (Å²) in [6.07, 6.45) is 1.66. The Morgan fingerprint density at radius 1 is 1.18 bits per heavy atom. The predicted octanol–water partition coefficient (Wildman–Crippen LogP) is 0.658. The molecule has 0 spiro atoms. The Balaban J connectivity index is 2.74. The maximum absolute atomic E-state index is 12.0. The highest BCUT2D eigenvalue weighted by Crippen LogP contribution is 2.18. The number of nitrogens with one attached hydrogen (secondary N) is 3. The molecule has 0 saturated heterocycles. The first-order chi connectivity index (χ1) is 8.06. The Kier molecular flexibility index (Phi) is 2.79. The van der Waals surface area contributed by atoms with Crippen molar-refractivity contribution in [2.45, 2.75) is 26.7 Å². The molecule has 0 fully saturated rings. The molecule has 2 heterocycles. The molecule has 0 atom stereocenters. The summed E-state index contributed by atoms with van der Waals surface area (Å²) in [5.74, 6) is 0. The Morgan fingerprint density at radius 2 is 1.88 bits per heavy atom. The van der Waals surface area contributed by atoms with E-state index in [1.165, 1.54) is 4.68 Å². The van der Waals surface area contributed by atoms with Crippen LogP contribution in [0.2, 0.25) is 0 Å². The molecule has 3 N–H and O–H groups in total. The average molecular weight is 236 g/mol. The van der Waals surface area contributed by atoms with Crippen LogP contribution in [0.15, 0.2) is 9.59 Å². The van der Waals surface area contributed by atoms with Gasteiger partial charge in [-0.05, 0) is 13.3 Å². The first-order valence-electron chi connectivity index (χ1n) is 5.61. The normalized spacial score (nSPS) is 11.0. The van der Waals surface area contributed by atoms with E-state index in [4.69, 9.17) is 0 Å². The zero-order valence-corrected chi connectivity index (χ0v) is 10.2. The van der Waals surface area contributed by atoms with Crippen molar-refractivity contribution in [3.8, 4) is 11.1 Å². The van der Waals surface area contributed by atoms with Crippen molar-refractivity contribution in [2.24, 2.45) is 7.05 Å². The molecule has 0 radical (unpaired) electrons. The lowest BCUT2D eigenvalue weighted by atomic mass is 10.0. The number of nitrogens with zero attached hydrogens (tertiary/aromatic N) is 1. The minimum atomic E-state index is -0.253. The molecule has 0 amide bonds. The van der Waals surface area contributed by atoms with Gasteiger partial charge in [0.2, 0.25) is 0 Å². The van der Waals surface area contributed by atoms with Crippen LogP contribution in [0.25, 0.3) is 11.1 Å². The van der Waals surface area contributed by atoms with Gasteiger partial charge in [0.25, 0.3) is 11.1 Å². The molecule has 92 valence electrons.